The first-order valence-electron chi connectivity index (χ1n) is 5.73. The number of pyridine rings is 1. The molecule has 0 saturated heterocycles. The molecule has 0 atom stereocenters. The van der Waals surface area contributed by atoms with E-state index in [1.165, 1.54) is 17.5 Å². The molecule has 0 aliphatic heterocycles. The number of carbonyl (C=O) groups excluding carboxylic acids is 2. The minimum atomic E-state index is -0.445. The maximum absolute atomic E-state index is 11.5. The number of rotatable bonds is 5. The van der Waals surface area contributed by atoms with Crippen molar-refractivity contribution in [1.29, 1.82) is 0 Å². The predicted molar refractivity (Wildman–Crippen MR) is 76.9 cm³/mol. The molecular weight excluding hydrogens is 300 g/mol. The number of thiophene rings is 1. The van der Waals surface area contributed by atoms with Crippen molar-refractivity contribution in [2.75, 3.05) is 11.9 Å². The Labute approximate surface area is 124 Å². The number of hydrogen-bond acceptors (Lipinski definition) is 5. The Morgan fingerprint density at radius 1 is 1.35 bits per heavy atom. The van der Waals surface area contributed by atoms with Gasteiger partial charge in [0.05, 0.1) is 11.4 Å². The lowest BCUT2D eigenvalue weighted by molar-refractivity contribution is -0.146. The first kappa shape index (κ1) is 14.5. The van der Waals surface area contributed by atoms with E-state index in [2.05, 4.69) is 10.3 Å². The number of aromatic nitrogens is 1. The molecule has 1 amide bonds. The van der Waals surface area contributed by atoms with Crippen molar-refractivity contribution < 1.29 is 14.3 Å². The van der Waals surface area contributed by atoms with Crippen molar-refractivity contribution in [1.82, 2.24) is 4.98 Å². The van der Waals surface area contributed by atoms with E-state index in [1.54, 1.807) is 12.1 Å². The summed E-state index contributed by atoms with van der Waals surface area (Å²) in [5, 5.41) is 4.85. The molecule has 1 N–H and O–H groups in total. The van der Waals surface area contributed by atoms with Gasteiger partial charge < -0.3 is 10.1 Å². The first-order chi connectivity index (χ1) is 9.63. The molecule has 2 heterocycles. The van der Waals surface area contributed by atoms with Gasteiger partial charge in [0.15, 0.2) is 6.61 Å². The third-order valence-corrected chi connectivity index (χ3v) is 3.36. The van der Waals surface area contributed by atoms with Crippen LogP contribution in [0.4, 0.5) is 5.82 Å². The lowest BCUT2D eigenvalue weighted by Gasteiger charge is -2.05. The number of esters is 1. The van der Waals surface area contributed by atoms with Gasteiger partial charge in [-0.15, -0.1) is 11.3 Å². The molecule has 0 fully saturated rings. The molecule has 0 spiro atoms. The van der Waals surface area contributed by atoms with Crippen LogP contribution in [0.5, 0.6) is 0 Å². The molecule has 2 rings (SSSR count). The quantitative estimate of drug-likeness (QED) is 0.862. The molecule has 0 aliphatic rings. The van der Waals surface area contributed by atoms with Crippen molar-refractivity contribution in [2.24, 2.45) is 0 Å². The van der Waals surface area contributed by atoms with E-state index >= 15 is 0 Å². The third-order valence-electron chi connectivity index (χ3n) is 2.26. The van der Waals surface area contributed by atoms with Crippen LogP contribution in [0.2, 0.25) is 5.02 Å². The molecule has 20 heavy (non-hydrogen) atoms. The van der Waals surface area contributed by atoms with E-state index in [4.69, 9.17) is 16.3 Å². The summed E-state index contributed by atoms with van der Waals surface area (Å²) in [7, 11) is 0. The van der Waals surface area contributed by atoms with Crippen LogP contribution >= 0.6 is 22.9 Å². The molecule has 0 aliphatic carbocycles. The van der Waals surface area contributed by atoms with Crippen LogP contribution in [-0.2, 0) is 20.7 Å². The van der Waals surface area contributed by atoms with Gasteiger partial charge in [-0.05, 0) is 23.6 Å². The fraction of sp³-hybridized carbons (Fsp3) is 0.154. The minimum Gasteiger partial charge on any atom is -0.455 e. The van der Waals surface area contributed by atoms with Crippen LogP contribution in [0.3, 0.4) is 0 Å². The molecule has 0 radical (unpaired) electrons. The SMILES string of the molecule is O=C(COC(=O)Cc1cccs1)Nc1ccc(Cl)cn1. The van der Waals surface area contributed by atoms with Gasteiger partial charge in [0.1, 0.15) is 5.82 Å². The highest BCUT2D eigenvalue weighted by molar-refractivity contribution is 7.10. The maximum atomic E-state index is 11.5. The summed E-state index contributed by atoms with van der Waals surface area (Å²) in [6, 6.07) is 6.86. The summed E-state index contributed by atoms with van der Waals surface area (Å²) in [4.78, 5) is 27.8. The van der Waals surface area contributed by atoms with Crippen molar-refractivity contribution in [3.05, 3.63) is 45.7 Å². The normalized spacial score (nSPS) is 10.1. The van der Waals surface area contributed by atoms with Crippen molar-refractivity contribution in [2.45, 2.75) is 6.42 Å². The Morgan fingerprint density at radius 3 is 2.85 bits per heavy atom. The van der Waals surface area contributed by atoms with Crippen molar-refractivity contribution in [3.63, 3.8) is 0 Å². The Morgan fingerprint density at radius 2 is 2.20 bits per heavy atom. The van der Waals surface area contributed by atoms with Crippen LogP contribution in [0, 0.1) is 0 Å². The molecule has 0 aromatic carbocycles. The summed E-state index contributed by atoms with van der Waals surface area (Å²) in [5.74, 6) is -0.528. The standard InChI is InChI=1S/C13H11ClN2O3S/c14-9-3-4-11(15-7-9)16-12(17)8-19-13(18)6-10-2-1-5-20-10/h1-5,7H,6,8H2,(H,15,16,17). The first-order valence-corrected chi connectivity index (χ1v) is 6.98. The Hall–Kier alpha value is -1.92. The van der Waals surface area contributed by atoms with Crippen LogP contribution in [0.15, 0.2) is 35.8 Å². The van der Waals surface area contributed by atoms with Crippen molar-refractivity contribution >= 4 is 40.6 Å². The van der Waals surface area contributed by atoms with E-state index in [-0.39, 0.29) is 13.0 Å². The summed E-state index contributed by atoms with van der Waals surface area (Å²) >= 11 is 7.14. The number of carbonyl (C=O) groups is 2. The number of halogens is 1. The topological polar surface area (TPSA) is 68.3 Å². The number of anilines is 1. The zero-order valence-electron chi connectivity index (χ0n) is 10.3. The smallest absolute Gasteiger partial charge is 0.311 e. The van der Waals surface area contributed by atoms with Gasteiger partial charge in [-0.2, -0.15) is 0 Å². The number of hydrogen-bond donors (Lipinski definition) is 1. The number of nitrogens with one attached hydrogen (secondary N) is 1. The molecule has 0 unspecified atom stereocenters. The second-order valence-electron chi connectivity index (χ2n) is 3.83. The zero-order chi connectivity index (χ0) is 14.4. The lowest BCUT2D eigenvalue weighted by atomic mass is 10.3. The van der Waals surface area contributed by atoms with Gasteiger partial charge in [0.25, 0.3) is 5.91 Å². The van der Waals surface area contributed by atoms with Crippen molar-refractivity contribution in [3.8, 4) is 0 Å². The number of ether oxygens (including phenoxy) is 1. The van der Waals surface area contributed by atoms with Gasteiger partial charge in [0, 0.05) is 11.1 Å². The van der Waals surface area contributed by atoms with Gasteiger partial charge in [0.2, 0.25) is 0 Å². The van der Waals surface area contributed by atoms with E-state index in [9.17, 15) is 9.59 Å². The van der Waals surface area contributed by atoms with Gasteiger partial charge in [-0.3, -0.25) is 9.59 Å². The second kappa shape index (κ2) is 7.02. The molecular formula is C13H11ClN2O3S. The summed E-state index contributed by atoms with van der Waals surface area (Å²) in [5.41, 5.74) is 0. The largest absolute Gasteiger partial charge is 0.455 e. The molecule has 0 saturated carbocycles. The molecule has 2 aromatic heterocycles. The molecule has 0 bridgehead atoms. The van der Waals surface area contributed by atoms with E-state index in [1.807, 2.05) is 17.5 Å². The summed E-state index contributed by atoms with van der Waals surface area (Å²) in [6.07, 6.45) is 1.59. The Balaban J connectivity index is 1.74. The van der Waals surface area contributed by atoms with Gasteiger partial charge in [-0.1, -0.05) is 17.7 Å². The van der Waals surface area contributed by atoms with E-state index in [0.717, 1.165) is 4.88 Å². The molecule has 2 aromatic rings. The zero-order valence-corrected chi connectivity index (χ0v) is 11.9. The number of amides is 1. The maximum Gasteiger partial charge on any atom is 0.311 e. The highest BCUT2D eigenvalue weighted by Gasteiger charge is 2.09. The average molecular weight is 311 g/mol. The summed E-state index contributed by atoms with van der Waals surface area (Å²) < 4.78 is 4.87. The van der Waals surface area contributed by atoms with Gasteiger partial charge >= 0.3 is 5.97 Å². The minimum absolute atomic E-state index is 0.171. The fourth-order valence-electron chi connectivity index (χ4n) is 1.38. The molecule has 104 valence electrons. The monoisotopic (exact) mass is 310 g/mol. The summed E-state index contributed by atoms with van der Waals surface area (Å²) in [6.45, 7) is -0.339. The fourth-order valence-corrected chi connectivity index (χ4v) is 2.18. The second-order valence-corrected chi connectivity index (χ2v) is 5.30. The highest BCUT2D eigenvalue weighted by atomic mass is 35.5. The van der Waals surface area contributed by atoms with Crippen LogP contribution in [-0.4, -0.2) is 23.5 Å². The lowest BCUT2D eigenvalue weighted by Crippen LogP contribution is -2.21. The van der Waals surface area contributed by atoms with Gasteiger partial charge in [-0.25, -0.2) is 4.98 Å². The van der Waals surface area contributed by atoms with Crippen LogP contribution in [0.1, 0.15) is 4.88 Å². The van der Waals surface area contributed by atoms with E-state index in [0.29, 0.717) is 10.8 Å². The predicted octanol–water partition coefficient (Wildman–Crippen LogP) is 2.52. The number of nitrogens with zero attached hydrogens (tertiary/aromatic N) is 1. The van der Waals surface area contributed by atoms with Crippen LogP contribution in [0.25, 0.3) is 0 Å². The third kappa shape index (κ3) is 4.64. The Bertz CT molecular complexity index is 584. The van der Waals surface area contributed by atoms with Crippen LogP contribution < -0.4 is 5.32 Å². The average Bonchev–Trinajstić information content (AvgIpc) is 2.92. The molecule has 7 heteroatoms. The highest BCUT2D eigenvalue weighted by Crippen LogP contribution is 2.10. The molecule has 5 nitrogen and oxygen atoms in total. The van der Waals surface area contributed by atoms with E-state index < -0.39 is 11.9 Å². The Kier molecular flexibility index (Phi) is 5.09.